The molecule has 0 fully saturated rings. The monoisotopic (exact) mass is 183 g/mol. The second-order valence-electron chi connectivity index (χ2n) is 2.18. The Bertz CT molecular complexity index is 234. The van der Waals surface area contributed by atoms with Crippen molar-refractivity contribution in [3.63, 3.8) is 0 Å². The van der Waals surface area contributed by atoms with Gasteiger partial charge in [-0.05, 0) is 12.1 Å². The maximum Gasteiger partial charge on any atom is 0.335 e. The minimum Gasteiger partial charge on any atom is -0.478 e. The van der Waals surface area contributed by atoms with Crippen LogP contribution < -0.4 is 5.73 Å². The summed E-state index contributed by atoms with van der Waals surface area (Å²) >= 11 is 0. The SMILES string of the molecule is NCCO.O=C(O)c1ccccc1. The number of benzene rings is 1. The molecule has 4 heteroatoms. The Morgan fingerprint density at radius 3 is 2.00 bits per heavy atom. The summed E-state index contributed by atoms with van der Waals surface area (Å²) in [5.41, 5.74) is 5.11. The predicted molar refractivity (Wildman–Crippen MR) is 49.5 cm³/mol. The van der Waals surface area contributed by atoms with Crippen LogP contribution in [-0.4, -0.2) is 29.3 Å². The van der Waals surface area contributed by atoms with Crippen molar-refractivity contribution >= 4 is 5.97 Å². The average molecular weight is 183 g/mol. The van der Waals surface area contributed by atoms with Gasteiger partial charge in [0.15, 0.2) is 0 Å². The number of hydrogen-bond donors (Lipinski definition) is 3. The van der Waals surface area contributed by atoms with Gasteiger partial charge in [-0.1, -0.05) is 18.2 Å². The zero-order valence-electron chi connectivity index (χ0n) is 7.18. The van der Waals surface area contributed by atoms with Crippen LogP contribution in [-0.2, 0) is 0 Å². The van der Waals surface area contributed by atoms with Crippen LogP contribution >= 0.6 is 0 Å². The van der Waals surface area contributed by atoms with Crippen LogP contribution in [0.2, 0.25) is 0 Å². The minimum absolute atomic E-state index is 0.0972. The van der Waals surface area contributed by atoms with Gasteiger partial charge in [0.05, 0.1) is 12.2 Å². The fourth-order valence-corrected chi connectivity index (χ4v) is 0.581. The summed E-state index contributed by atoms with van der Waals surface area (Å²) in [5, 5.41) is 16.1. The van der Waals surface area contributed by atoms with E-state index in [0.29, 0.717) is 12.1 Å². The van der Waals surface area contributed by atoms with Crippen molar-refractivity contribution in [2.24, 2.45) is 5.73 Å². The van der Waals surface area contributed by atoms with Crippen molar-refractivity contribution in [1.29, 1.82) is 0 Å². The van der Waals surface area contributed by atoms with Crippen molar-refractivity contribution in [3.8, 4) is 0 Å². The molecular formula is C9H13NO3. The molecule has 0 bridgehead atoms. The highest BCUT2D eigenvalue weighted by molar-refractivity contribution is 5.87. The molecule has 0 radical (unpaired) electrons. The lowest BCUT2D eigenvalue weighted by molar-refractivity contribution is 0.0697. The van der Waals surface area contributed by atoms with Crippen LogP contribution in [0.1, 0.15) is 10.4 Å². The summed E-state index contributed by atoms with van der Waals surface area (Å²) in [6, 6.07) is 8.30. The smallest absolute Gasteiger partial charge is 0.335 e. The maximum atomic E-state index is 10.2. The fraction of sp³-hybridized carbons (Fsp3) is 0.222. The molecule has 72 valence electrons. The summed E-state index contributed by atoms with van der Waals surface area (Å²) in [4.78, 5) is 10.2. The number of aliphatic hydroxyl groups is 1. The van der Waals surface area contributed by atoms with E-state index in [-0.39, 0.29) is 6.61 Å². The van der Waals surface area contributed by atoms with Gasteiger partial charge < -0.3 is 15.9 Å². The number of rotatable bonds is 2. The second kappa shape index (κ2) is 7.27. The summed E-state index contributed by atoms with van der Waals surface area (Å²) < 4.78 is 0. The molecule has 0 aromatic heterocycles. The Morgan fingerprint density at radius 1 is 1.31 bits per heavy atom. The number of hydrogen-bond acceptors (Lipinski definition) is 3. The Morgan fingerprint density at radius 2 is 1.77 bits per heavy atom. The predicted octanol–water partition coefficient (Wildman–Crippen LogP) is 0.322. The number of carboxylic acid groups (broad SMARTS) is 1. The first-order valence-electron chi connectivity index (χ1n) is 3.81. The third-order valence-electron chi connectivity index (χ3n) is 1.15. The molecule has 1 aromatic carbocycles. The molecule has 0 unspecified atom stereocenters. The normalized spacial score (nSPS) is 8.46. The van der Waals surface area contributed by atoms with E-state index >= 15 is 0 Å². The highest BCUT2D eigenvalue weighted by Crippen LogP contribution is 1.96. The standard InChI is InChI=1S/C7H6O2.C2H7NO/c8-7(9)6-4-2-1-3-5-6;3-1-2-4/h1-5H,(H,8,9);4H,1-3H2. The molecule has 13 heavy (non-hydrogen) atoms. The van der Waals surface area contributed by atoms with Crippen LogP contribution in [0, 0.1) is 0 Å². The average Bonchev–Trinajstić information content (AvgIpc) is 2.19. The number of aliphatic hydroxyl groups excluding tert-OH is 1. The quantitative estimate of drug-likeness (QED) is 0.616. The van der Waals surface area contributed by atoms with Gasteiger partial charge in [-0.3, -0.25) is 0 Å². The van der Waals surface area contributed by atoms with Gasteiger partial charge in [-0.15, -0.1) is 0 Å². The van der Waals surface area contributed by atoms with Gasteiger partial charge >= 0.3 is 5.97 Å². The molecule has 0 spiro atoms. The lowest BCUT2D eigenvalue weighted by Crippen LogP contribution is -2.02. The molecule has 4 nitrogen and oxygen atoms in total. The Balaban J connectivity index is 0.000000310. The van der Waals surface area contributed by atoms with Crippen LogP contribution in [0.4, 0.5) is 0 Å². The highest BCUT2D eigenvalue weighted by Gasteiger charge is 1.96. The zero-order chi connectivity index (χ0) is 10.1. The van der Waals surface area contributed by atoms with Crippen LogP contribution in [0.15, 0.2) is 30.3 Å². The number of aromatic carboxylic acids is 1. The largest absolute Gasteiger partial charge is 0.478 e. The number of carbonyl (C=O) groups is 1. The third-order valence-corrected chi connectivity index (χ3v) is 1.15. The highest BCUT2D eigenvalue weighted by atomic mass is 16.4. The molecule has 0 aliphatic carbocycles. The molecule has 0 aliphatic heterocycles. The first-order chi connectivity index (χ1) is 6.22. The topological polar surface area (TPSA) is 83.5 Å². The Labute approximate surface area is 76.6 Å². The van der Waals surface area contributed by atoms with Crippen LogP contribution in [0.3, 0.4) is 0 Å². The molecule has 0 amide bonds. The third kappa shape index (κ3) is 5.84. The van der Waals surface area contributed by atoms with Crippen LogP contribution in [0.5, 0.6) is 0 Å². The molecule has 0 atom stereocenters. The van der Waals surface area contributed by atoms with Crippen molar-refractivity contribution in [2.45, 2.75) is 0 Å². The van der Waals surface area contributed by atoms with E-state index in [1.807, 2.05) is 0 Å². The van der Waals surface area contributed by atoms with Gasteiger partial charge in [0.1, 0.15) is 0 Å². The van der Waals surface area contributed by atoms with E-state index in [2.05, 4.69) is 0 Å². The van der Waals surface area contributed by atoms with Gasteiger partial charge in [-0.2, -0.15) is 0 Å². The first-order valence-corrected chi connectivity index (χ1v) is 3.81. The van der Waals surface area contributed by atoms with E-state index in [0.717, 1.165) is 0 Å². The van der Waals surface area contributed by atoms with Crippen molar-refractivity contribution in [1.82, 2.24) is 0 Å². The molecule has 0 saturated carbocycles. The van der Waals surface area contributed by atoms with Crippen LogP contribution in [0.25, 0.3) is 0 Å². The lowest BCUT2D eigenvalue weighted by atomic mass is 10.2. The zero-order valence-corrected chi connectivity index (χ0v) is 7.18. The molecular weight excluding hydrogens is 170 g/mol. The van der Waals surface area contributed by atoms with Crippen molar-refractivity contribution in [3.05, 3.63) is 35.9 Å². The van der Waals surface area contributed by atoms with Gasteiger partial charge in [0.25, 0.3) is 0 Å². The van der Waals surface area contributed by atoms with E-state index in [1.54, 1.807) is 30.3 Å². The molecule has 1 aromatic rings. The molecule has 0 aliphatic rings. The van der Waals surface area contributed by atoms with Crippen molar-refractivity contribution in [2.75, 3.05) is 13.2 Å². The molecule has 0 saturated heterocycles. The van der Waals surface area contributed by atoms with E-state index in [9.17, 15) is 4.79 Å². The summed E-state index contributed by atoms with van der Waals surface area (Å²) in [7, 11) is 0. The molecule has 4 N–H and O–H groups in total. The van der Waals surface area contributed by atoms with E-state index in [1.165, 1.54) is 0 Å². The van der Waals surface area contributed by atoms with E-state index < -0.39 is 5.97 Å². The molecule has 1 rings (SSSR count). The first kappa shape index (κ1) is 11.6. The number of carboxylic acids is 1. The summed E-state index contributed by atoms with van der Waals surface area (Å²) in [6.07, 6.45) is 0. The van der Waals surface area contributed by atoms with E-state index in [4.69, 9.17) is 15.9 Å². The fourth-order valence-electron chi connectivity index (χ4n) is 0.581. The van der Waals surface area contributed by atoms with Gasteiger partial charge in [0, 0.05) is 6.54 Å². The summed E-state index contributed by atoms with van der Waals surface area (Å²) in [5.74, 6) is -0.879. The minimum atomic E-state index is -0.879. The van der Waals surface area contributed by atoms with Gasteiger partial charge in [0.2, 0.25) is 0 Å². The number of nitrogens with two attached hydrogens (primary N) is 1. The Kier molecular flexibility index (Phi) is 6.49. The Hall–Kier alpha value is -1.39. The summed E-state index contributed by atoms with van der Waals surface area (Å²) in [6.45, 7) is 0.472. The maximum absolute atomic E-state index is 10.2. The van der Waals surface area contributed by atoms with Crippen molar-refractivity contribution < 1.29 is 15.0 Å². The van der Waals surface area contributed by atoms with Gasteiger partial charge in [-0.25, -0.2) is 4.79 Å². The lowest BCUT2D eigenvalue weighted by Gasteiger charge is -1.88. The second-order valence-corrected chi connectivity index (χ2v) is 2.18. The molecule has 0 heterocycles.